The zero-order valence-electron chi connectivity index (χ0n) is 10.8. The van der Waals surface area contributed by atoms with Gasteiger partial charge in [0, 0.05) is 19.2 Å². The maximum atomic E-state index is 12.1. The SMILES string of the molecule is O=[C]CN(C(=O)C=Cc1ccccc1)N1CCCC1. The molecule has 4 nitrogen and oxygen atoms in total. The molecule has 0 N–H and O–H groups in total. The molecular formula is C15H17N2O2. The minimum atomic E-state index is -0.172. The fourth-order valence-corrected chi connectivity index (χ4v) is 2.14. The highest BCUT2D eigenvalue weighted by Crippen LogP contribution is 2.11. The first-order chi connectivity index (χ1) is 9.31. The second-order valence-corrected chi connectivity index (χ2v) is 4.45. The van der Waals surface area contributed by atoms with E-state index in [4.69, 9.17) is 0 Å². The van der Waals surface area contributed by atoms with E-state index in [9.17, 15) is 9.59 Å². The van der Waals surface area contributed by atoms with E-state index in [1.807, 2.05) is 35.3 Å². The van der Waals surface area contributed by atoms with Crippen LogP contribution in [0.15, 0.2) is 36.4 Å². The van der Waals surface area contributed by atoms with E-state index in [-0.39, 0.29) is 12.5 Å². The molecule has 1 aliphatic rings. The van der Waals surface area contributed by atoms with Gasteiger partial charge in [-0.1, -0.05) is 30.3 Å². The summed E-state index contributed by atoms with van der Waals surface area (Å²) in [5.74, 6) is -0.172. The summed E-state index contributed by atoms with van der Waals surface area (Å²) >= 11 is 0. The fraction of sp³-hybridized carbons (Fsp3) is 0.333. The Kier molecular flexibility index (Phi) is 4.86. The van der Waals surface area contributed by atoms with Crippen LogP contribution in [-0.2, 0) is 9.59 Å². The maximum absolute atomic E-state index is 12.1. The number of amides is 1. The van der Waals surface area contributed by atoms with Crippen LogP contribution in [0.5, 0.6) is 0 Å². The summed E-state index contributed by atoms with van der Waals surface area (Å²) in [4.78, 5) is 22.7. The van der Waals surface area contributed by atoms with Gasteiger partial charge in [-0.25, -0.2) is 5.01 Å². The van der Waals surface area contributed by atoms with Crippen LogP contribution in [0.1, 0.15) is 18.4 Å². The van der Waals surface area contributed by atoms with Gasteiger partial charge >= 0.3 is 0 Å². The molecule has 1 aliphatic heterocycles. The lowest BCUT2D eigenvalue weighted by molar-refractivity contribution is -0.139. The second-order valence-electron chi connectivity index (χ2n) is 4.45. The van der Waals surface area contributed by atoms with Crippen molar-refractivity contribution in [1.29, 1.82) is 0 Å². The summed E-state index contributed by atoms with van der Waals surface area (Å²) in [5.41, 5.74) is 0.965. The molecule has 1 fully saturated rings. The molecule has 0 spiro atoms. The Labute approximate surface area is 113 Å². The molecule has 1 aromatic rings. The number of carbonyl (C=O) groups is 1. The van der Waals surface area contributed by atoms with Crippen molar-refractivity contribution in [2.24, 2.45) is 0 Å². The maximum Gasteiger partial charge on any atom is 0.261 e. The van der Waals surface area contributed by atoms with Gasteiger partial charge in [0.25, 0.3) is 5.91 Å². The first-order valence-electron chi connectivity index (χ1n) is 6.46. The highest BCUT2D eigenvalue weighted by atomic mass is 16.2. The molecule has 1 aromatic carbocycles. The lowest BCUT2D eigenvalue weighted by Crippen LogP contribution is -2.45. The minimum absolute atomic E-state index is 0.00202. The predicted molar refractivity (Wildman–Crippen MR) is 73.7 cm³/mol. The van der Waals surface area contributed by atoms with Crippen molar-refractivity contribution >= 4 is 18.3 Å². The van der Waals surface area contributed by atoms with E-state index < -0.39 is 0 Å². The quantitative estimate of drug-likeness (QED) is 0.753. The Morgan fingerprint density at radius 3 is 2.58 bits per heavy atom. The molecule has 1 radical (unpaired) electrons. The van der Waals surface area contributed by atoms with Gasteiger partial charge in [-0.05, 0) is 24.5 Å². The first kappa shape index (κ1) is 13.5. The van der Waals surface area contributed by atoms with Gasteiger partial charge in [0.1, 0.15) is 6.54 Å². The summed E-state index contributed by atoms with van der Waals surface area (Å²) in [7, 11) is 0. The van der Waals surface area contributed by atoms with Crippen LogP contribution in [0.25, 0.3) is 6.08 Å². The molecule has 2 rings (SSSR count). The topological polar surface area (TPSA) is 40.6 Å². The van der Waals surface area contributed by atoms with Crippen LogP contribution in [0.3, 0.4) is 0 Å². The number of rotatable bonds is 5. The first-order valence-corrected chi connectivity index (χ1v) is 6.46. The van der Waals surface area contributed by atoms with Crippen LogP contribution in [-0.4, -0.2) is 41.8 Å². The Balaban J connectivity index is 2.02. The second kappa shape index (κ2) is 6.85. The van der Waals surface area contributed by atoms with Gasteiger partial charge in [-0.15, -0.1) is 0 Å². The predicted octanol–water partition coefficient (Wildman–Crippen LogP) is 1.65. The third kappa shape index (κ3) is 3.76. The summed E-state index contributed by atoms with van der Waals surface area (Å²) < 4.78 is 0. The number of benzene rings is 1. The summed E-state index contributed by atoms with van der Waals surface area (Å²) in [6, 6.07) is 9.62. The number of hydrogen-bond donors (Lipinski definition) is 0. The molecule has 0 saturated carbocycles. The molecule has 1 saturated heterocycles. The molecule has 0 aliphatic carbocycles. The molecule has 0 aromatic heterocycles. The van der Waals surface area contributed by atoms with Gasteiger partial charge in [-0.3, -0.25) is 14.6 Å². The lowest BCUT2D eigenvalue weighted by atomic mass is 10.2. The van der Waals surface area contributed by atoms with Crippen LogP contribution < -0.4 is 0 Å². The highest BCUT2D eigenvalue weighted by Gasteiger charge is 2.22. The van der Waals surface area contributed by atoms with Crippen LogP contribution in [0.4, 0.5) is 0 Å². The number of carbonyl (C=O) groups excluding carboxylic acids is 2. The Bertz CT molecular complexity index is 450. The third-order valence-electron chi connectivity index (χ3n) is 3.11. The van der Waals surface area contributed by atoms with E-state index >= 15 is 0 Å². The van der Waals surface area contributed by atoms with Crippen molar-refractivity contribution in [3.63, 3.8) is 0 Å². The van der Waals surface area contributed by atoms with Crippen LogP contribution in [0.2, 0.25) is 0 Å². The minimum Gasteiger partial charge on any atom is -0.289 e. The molecule has 4 heteroatoms. The van der Waals surface area contributed by atoms with Gasteiger partial charge in [0.15, 0.2) is 0 Å². The van der Waals surface area contributed by atoms with E-state index in [2.05, 4.69) is 0 Å². The summed E-state index contributed by atoms with van der Waals surface area (Å²) in [6.45, 7) is 1.65. The van der Waals surface area contributed by atoms with Crippen molar-refractivity contribution in [1.82, 2.24) is 10.0 Å². The Hall–Kier alpha value is -1.94. The van der Waals surface area contributed by atoms with Gasteiger partial charge in [-0.2, -0.15) is 0 Å². The highest BCUT2D eigenvalue weighted by molar-refractivity contribution is 5.92. The van der Waals surface area contributed by atoms with Gasteiger partial charge < -0.3 is 0 Å². The number of hydrogen-bond acceptors (Lipinski definition) is 3. The van der Waals surface area contributed by atoms with Crippen molar-refractivity contribution < 1.29 is 9.59 Å². The molecule has 19 heavy (non-hydrogen) atoms. The van der Waals surface area contributed by atoms with Crippen molar-refractivity contribution in [2.75, 3.05) is 19.6 Å². The van der Waals surface area contributed by atoms with E-state index in [1.54, 1.807) is 12.4 Å². The average Bonchev–Trinajstić information content (AvgIpc) is 2.97. The Morgan fingerprint density at radius 2 is 1.95 bits per heavy atom. The summed E-state index contributed by atoms with van der Waals surface area (Å²) in [6.07, 6.45) is 7.19. The van der Waals surface area contributed by atoms with Gasteiger partial charge in [0.2, 0.25) is 6.29 Å². The molecular weight excluding hydrogens is 240 g/mol. The normalized spacial score (nSPS) is 15.8. The molecule has 1 amide bonds. The largest absolute Gasteiger partial charge is 0.289 e. The summed E-state index contributed by atoms with van der Waals surface area (Å²) in [5, 5.41) is 3.39. The monoisotopic (exact) mass is 257 g/mol. The van der Waals surface area contributed by atoms with Crippen molar-refractivity contribution in [3.05, 3.63) is 42.0 Å². The zero-order valence-corrected chi connectivity index (χ0v) is 10.8. The zero-order chi connectivity index (χ0) is 13.5. The van der Waals surface area contributed by atoms with Crippen LogP contribution >= 0.6 is 0 Å². The van der Waals surface area contributed by atoms with Crippen molar-refractivity contribution in [3.8, 4) is 0 Å². The molecule has 0 atom stereocenters. The van der Waals surface area contributed by atoms with Crippen molar-refractivity contribution in [2.45, 2.75) is 12.8 Å². The molecule has 99 valence electrons. The van der Waals surface area contributed by atoms with Gasteiger partial charge in [0.05, 0.1) is 0 Å². The molecule has 0 bridgehead atoms. The van der Waals surface area contributed by atoms with E-state index in [0.29, 0.717) is 0 Å². The standard InChI is InChI=1S/C15H17N2O2/c18-13-12-17(16-10-4-5-11-16)15(19)9-8-14-6-2-1-3-7-14/h1-3,6-9H,4-5,10-12H2. The van der Waals surface area contributed by atoms with E-state index in [0.717, 1.165) is 31.5 Å². The third-order valence-corrected chi connectivity index (χ3v) is 3.11. The Morgan fingerprint density at radius 1 is 1.26 bits per heavy atom. The average molecular weight is 257 g/mol. The smallest absolute Gasteiger partial charge is 0.261 e. The van der Waals surface area contributed by atoms with E-state index in [1.165, 1.54) is 11.1 Å². The fourth-order valence-electron chi connectivity index (χ4n) is 2.14. The van der Waals surface area contributed by atoms with Crippen LogP contribution in [0, 0.1) is 0 Å². The lowest BCUT2D eigenvalue weighted by Gasteiger charge is -2.28. The molecule has 0 unspecified atom stereocenters. The number of nitrogens with zero attached hydrogens (tertiary/aromatic N) is 2. The molecule has 1 heterocycles. The number of hydrazine groups is 1.